The molecule has 24 heavy (non-hydrogen) atoms. The molecule has 0 aliphatic heterocycles. The number of likely N-dealkylation sites (N-methyl/N-ethyl adjacent to an activating group) is 1. The minimum Gasteiger partial charge on any atom is -0.391 e. The van der Waals surface area contributed by atoms with Crippen LogP contribution in [0.1, 0.15) is 51.9 Å². The van der Waals surface area contributed by atoms with Crippen LogP contribution in [0.25, 0.3) is 0 Å². The van der Waals surface area contributed by atoms with Crippen molar-refractivity contribution in [1.82, 2.24) is 5.32 Å². The van der Waals surface area contributed by atoms with Crippen molar-refractivity contribution >= 4 is 5.91 Å². The summed E-state index contributed by atoms with van der Waals surface area (Å²) < 4.78 is 34.8. The van der Waals surface area contributed by atoms with Gasteiger partial charge in [0.25, 0.3) is 0 Å². The van der Waals surface area contributed by atoms with E-state index in [1.54, 1.807) is 0 Å². The summed E-state index contributed by atoms with van der Waals surface area (Å²) in [6, 6.07) is 0. The average molecular weight is 373 g/mol. The molecule has 0 radical (unpaired) electrons. The molecule has 0 rings (SSSR count). The molecular formula is C15H33ClN2O6. The van der Waals surface area contributed by atoms with Gasteiger partial charge in [-0.05, 0) is 6.42 Å². The van der Waals surface area contributed by atoms with Gasteiger partial charge in [0.05, 0.1) is 27.2 Å². The molecule has 0 aromatic heterocycles. The molecule has 9 heteroatoms. The van der Waals surface area contributed by atoms with Crippen molar-refractivity contribution in [2.24, 2.45) is 0 Å². The Morgan fingerprint density at radius 2 is 1.54 bits per heavy atom. The lowest BCUT2D eigenvalue weighted by atomic mass is 10.1. The summed E-state index contributed by atoms with van der Waals surface area (Å²) in [4.78, 5) is 11.6. The molecule has 1 amide bonds. The van der Waals surface area contributed by atoms with Gasteiger partial charge in [0.15, 0.2) is 0 Å². The van der Waals surface area contributed by atoms with E-state index in [0.29, 0.717) is 6.42 Å². The molecule has 0 aromatic carbocycles. The number of amides is 1. The van der Waals surface area contributed by atoms with Crippen LogP contribution < -0.4 is 24.0 Å². The molecule has 0 spiro atoms. The molecule has 0 aliphatic rings. The summed E-state index contributed by atoms with van der Waals surface area (Å²) in [5.41, 5.74) is 0. The highest BCUT2D eigenvalue weighted by Crippen LogP contribution is 2.04. The predicted molar refractivity (Wildman–Crippen MR) is 79.9 cm³/mol. The highest BCUT2D eigenvalue weighted by Gasteiger charge is 2.13. The van der Waals surface area contributed by atoms with E-state index in [9.17, 15) is 4.79 Å². The van der Waals surface area contributed by atoms with Crippen LogP contribution in [0.2, 0.25) is 0 Å². The van der Waals surface area contributed by atoms with Crippen LogP contribution in [-0.4, -0.2) is 55.8 Å². The molecule has 0 fully saturated rings. The second-order valence-corrected chi connectivity index (χ2v) is 7.11. The SMILES string of the molecule is CCCCCCCC(=O)NCCC[N+](C)(C)CCO.[O-][Cl+3]([O-])([O-])[O-]. The molecule has 0 aliphatic carbocycles. The third kappa shape index (κ3) is 26.4. The van der Waals surface area contributed by atoms with Crippen molar-refractivity contribution in [2.45, 2.75) is 51.9 Å². The number of halogens is 1. The lowest BCUT2D eigenvalue weighted by molar-refractivity contribution is -2.00. The van der Waals surface area contributed by atoms with Gasteiger partial charge in [-0.25, -0.2) is 18.6 Å². The first-order chi connectivity index (χ1) is 11.0. The Hall–Kier alpha value is -0.480. The monoisotopic (exact) mass is 372 g/mol. The first kappa shape index (κ1) is 25.8. The van der Waals surface area contributed by atoms with E-state index in [4.69, 9.17) is 23.7 Å². The topological polar surface area (TPSA) is 142 Å². The average Bonchev–Trinajstić information content (AvgIpc) is 2.41. The molecule has 0 aromatic rings. The van der Waals surface area contributed by atoms with Crippen molar-refractivity contribution < 1.29 is 43.3 Å². The summed E-state index contributed by atoms with van der Waals surface area (Å²) in [5.74, 6) is 0.184. The lowest BCUT2D eigenvalue weighted by Crippen LogP contribution is -2.68. The Labute approximate surface area is 147 Å². The van der Waals surface area contributed by atoms with Crippen molar-refractivity contribution in [2.75, 3.05) is 40.3 Å². The maximum atomic E-state index is 11.6. The number of carbonyl (C=O) groups excluding carboxylic acids is 1. The van der Waals surface area contributed by atoms with Gasteiger partial charge in [-0.15, -0.1) is 10.2 Å². The van der Waals surface area contributed by atoms with Crippen LogP contribution in [0.5, 0.6) is 0 Å². The van der Waals surface area contributed by atoms with Gasteiger partial charge < -0.3 is 14.9 Å². The molecule has 0 heterocycles. The zero-order valence-corrected chi connectivity index (χ0v) is 15.8. The van der Waals surface area contributed by atoms with Crippen LogP contribution in [-0.2, 0) is 4.79 Å². The zero-order valence-electron chi connectivity index (χ0n) is 15.1. The number of hydrogen-bond donors (Lipinski definition) is 2. The molecule has 0 unspecified atom stereocenters. The summed E-state index contributed by atoms with van der Waals surface area (Å²) in [5, 5.41) is 11.9. The molecule has 0 bridgehead atoms. The van der Waals surface area contributed by atoms with Crippen molar-refractivity contribution in [3.63, 3.8) is 0 Å². The smallest absolute Gasteiger partial charge is 0.219 e. The van der Waals surface area contributed by atoms with Gasteiger partial charge in [0.1, 0.15) is 6.54 Å². The Morgan fingerprint density at radius 1 is 1.00 bits per heavy atom. The maximum Gasteiger partial charge on any atom is 0.219 e. The minimum absolute atomic E-state index is 0.184. The molecule has 0 saturated carbocycles. The molecule has 0 saturated heterocycles. The van der Waals surface area contributed by atoms with Gasteiger partial charge in [-0.1, -0.05) is 32.6 Å². The number of nitrogens with one attached hydrogen (secondary N) is 1. The van der Waals surface area contributed by atoms with Crippen LogP contribution in [0.15, 0.2) is 0 Å². The molecule has 2 N–H and O–H groups in total. The van der Waals surface area contributed by atoms with Crippen molar-refractivity contribution in [3.05, 3.63) is 0 Å². The van der Waals surface area contributed by atoms with Gasteiger partial charge in [0, 0.05) is 19.4 Å². The van der Waals surface area contributed by atoms with Crippen LogP contribution in [0.4, 0.5) is 0 Å². The fraction of sp³-hybridized carbons (Fsp3) is 0.933. The third-order valence-corrected chi connectivity index (χ3v) is 3.48. The van der Waals surface area contributed by atoms with E-state index in [0.717, 1.165) is 37.0 Å². The number of hydrogen-bond acceptors (Lipinski definition) is 6. The molecule has 146 valence electrons. The second-order valence-electron chi connectivity index (χ2n) is 6.35. The number of nitrogens with zero attached hydrogens (tertiary/aromatic N) is 1. The van der Waals surface area contributed by atoms with Gasteiger partial charge in [-0.3, -0.25) is 4.79 Å². The van der Waals surface area contributed by atoms with E-state index in [1.165, 1.54) is 25.7 Å². The standard InChI is InChI=1S/C15H32N2O2.ClHO4/c1-4-5-6-7-8-10-15(19)16-11-9-12-17(2,3)13-14-18;2-1(3,4)5/h18H,4-14H2,1-3H3;(H,2,3,4,5). The highest BCUT2D eigenvalue weighted by molar-refractivity contribution is 5.75. The second kappa shape index (κ2) is 14.8. The molecule has 0 atom stereocenters. The third-order valence-electron chi connectivity index (χ3n) is 3.48. The number of unbranched alkanes of at least 4 members (excludes halogenated alkanes) is 4. The summed E-state index contributed by atoms with van der Waals surface area (Å²) >= 11 is 0. The van der Waals surface area contributed by atoms with E-state index >= 15 is 0 Å². The Morgan fingerprint density at radius 3 is 2.04 bits per heavy atom. The van der Waals surface area contributed by atoms with E-state index in [2.05, 4.69) is 26.3 Å². The number of aliphatic hydroxyl groups is 1. The van der Waals surface area contributed by atoms with E-state index < -0.39 is 10.2 Å². The summed E-state index contributed by atoms with van der Waals surface area (Å²) in [6.07, 6.45) is 7.58. The van der Waals surface area contributed by atoms with Gasteiger partial charge in [-0.2, -0.15) is 0 Å². The Balaban J connectivity index is 0. The quantitative estimate of drug-likeness (QED) is 0.279. The zero-order chi connectivity index (χ0) is 19.1. The van der Waals surface area contributed by atoms with E-state index in [1.807, 2.05) is 0 Å². The first-order valence-electron chi connectivity index (χ1n) is 8.33. The largest absolute Gasteiger partial charge is 0.391 e. The Kier molecular flexibility index (Phi) is 15.9. The van der Waals surface area contributed by atoms with Gasteiger partial charge in [0.2, 0.25) is 5.91 Å². The fourth-order valence-electron chi connectivity index (χ4n) is 2.09. The molecular weight excluding hydrogens is 340 g/mol. The van der Waals surface area contributed by atoms with Crippen molar-refractivity contribution in [1.29, 1.82) is 0 Å². The normalized spacial score (nSPS) is 11.7. The van der Waals surface area contributed by atoms with Gasteiger partial charge >= 0.3 is 0 Å². The maximum absolute atomic E-state index is 11.6. The number of rotatable bonds is 12. The Bertz CT molecular complexity index is 305. The molecule has 8 nitrogen and oxygen atoms in total. The summed E-state index contributed by atoms with van der Waals surface area (Å²) in [6.45, 7) is 4.92. The van der Waals surface area contributed by atoms with Crippen LogP contribution in [0.3, 0.4) is 0 Å². The minimum atomic E-state index is -4.94. The fourth-order valence-corrected chi connectivity index (χ4v) is 2.09. The van der Waals surface area contributed by atoms with Crippen LogP contribution in [0, 0.1) is 10.2 Å². The number of aliphatic hydroxyl groups excluding tert-OH is 1. The number of carbonyl (C=O) groups is 1. The predicted octanol–water partition coefficient (Wildman–Crippen LogP) is -2.83. The first-order valence-corrected chi connectivity index (χ1v) is 9.56. The van der Waals surface area contributed by atoms with Crippen LogP contribution >= 0.6 is 0 Å². The van der Waals surface area contributed by atoms with Crippen molar-refractivity contribution in [3.8, 4) is 0 Å². The lowest BCUT2D eigenvalue weighted by Gasteiger charge is -2.28. The highest BCUT2D eigenvalue weighted by atomic mass is 35.7. The number of quaternary nitrogens is 1. The van der Waals surface area contributed by atoms with E-state index in [-0.39, 0.29) is 12.5 Å². The summed E-state index contributed by atoms with van der Waals surface area (Å²) in [7, 11) is -0.739.